The lowest BCUT2D eigenvalue weighted by Gasteiger charge is -2.35. The summed E-state index contributed by atoms with van der Waals surface area (Å²) in [5.74, 6) is 4.33. The van der Waals surface area contributed by atoms with Crippen LogP contribution < -0.4 is 42.6 Å². The standard InChI is InChI=1S/C114H101N3O12/c1-14-114(84-51-63-90(64-52-84)127-111(118)81-39-33-75(34-40-81)78-45-57-87(58-46-78)115-93-21-15-27-99(121-69(2)3)105(93)106-94(115)22-16-28-100(106)122-70(4)5,85-53-65-91(66-54-85)128-112(119)82-41-35-76(36-42-82)79-47-59-88(60-48-79)116-95-23-17-29-101(123-71(6)7)107(95)108-96(116)24-18-30-102(108)124-72(8)9)86-55-67-92(68-56-86)129-113(120)83-43-37-77(38-44-83)80-49-61-89(62-50-80)117-97-25-19-31-103(125-73(10)11)109(97)110-98(117)26-20-32-104(110)126-74(12)13/h15-74H,14H2,1-13H3. The molecular formula is C114H101N3O12. The van der Waals surface area contributed by atoms with E-state index in [-0.39, 0.29) is 36.6 Å². The first kappa shape index (κ1) is 84.7. The molecule has 0 atom stereocenters. The summed E-state index contributed by atoms with van der Waals surface area (Å²) in [5, 5.41) is 5.98. The first-order valence-electron chi connectivity index (χ1n) is 44.3. The molecule has 0 amide bonds. The highest BCUT2D eigenvalue weighted by Gasteiger charge is 2.36. The smallest absolute Gasteiger partial charge is 0.343 e. The molecule has 0 aliphatic carbocycles. The van der Waals surface area contributed by atoms with Gasteiger partial charge in [-0.25, -0.2) is 14.4 Å². The number of aromatic nitrogens is 3. The highest BCUT2D eigenvalue weighted by molar-refractivity contribution is 6.17. The molecule has 0 spiro atoms. The number of fused-ring (bicyclic) bond motifs is 9. The molecule has 0 aliphatic rings. The van der Waals surface area contributed by atoms with Gasteiger partial charge in [-0.3, -0.25) is 0 Å². The largest absolute Gasteiger partial charge is 0.490 e. The topological polar surface area (TPSA) is 149 Å². The summed E-state index contributed by atoms with van der Waals surface area (Å²) in [6.45, 7) is 26.5. The summed E-state index contributed by atoms with van der Waals surface area (Å²) < 4.78 is 63.6. The number of carbonyl (C=O) groups is 3. The van der Waals surface area contributed by atoms with Crippen LogP contribution in [-0.4, -0.2) is 68.2 Å². The van der Waals surface area contributed by atoms with Crippen LogP contribution in [0.25, 0.3) is 116 Å². The number of rotatable bonds is 28. The molecule has 0 unspecified atom stereocenters. The Kier molecular flexibility index (Phi) is 23.5. The van der Waals surface area contributed by atoms with Crippen molar-refractivity contribution in [2.75, 3.05) is 0 Å². The molecule has 129 heavy (non-hydrogen) atoms. The summed E-state index contributed by atoms with van der Waals surface area (Å²) >= 11 is 0. The summed E-state index contributed by atoms with van der Waals surface area (Å²) in [6, 6.07) is 107. The third kappa shape index (κ3) is 16.8. The van der Waals surface area contributed by atoms with Gasteiger partial charge >= 0.3 is 17.9 Å². The molecule has 644 valence electrons. The quantitative estimate of drug-likeness (QED) is 0.0261. The van der Waals surface area contributed by atoms with Crippen LogP contribution in [0.1, 0.15) is 144 Å². The van der Waals surface area contributed by atoms with E-state index in [1.165, 1.54) is 0 Å². The molecular weight excluding hydrogens is 1600 g/mol. The van der Waals surface area contributed by atoms with Gasteiger partial charge in [0.15, 0.2) is 0 Å². The SMILES string of the molecule is CCC(c1ccc(OC(=O)c2ccc(-c3ccc(-n4c5cccc(OC(C)C)c5c5c(OC(C)C)cccc54)cc3)cc2)cc1)(c1ccc(OC(=O)c2ccc(-c3ccc(-n4c5cccc(OC(C)C)c5c5c(OC(C)C)cccc54)cc3)cc2)cc1)c1ccc(OC(=O)c2ccc(-c3ccc(-n4c5cccc(OC(C)C)c5c5c(OC(C)C)cccc54)cc3)cc2)cc1. The van der Waals surface area contributed by atoms with Crippen molar-refractivity contribution >= 4 is 83.3 Å². The molecule has 0 radical (unpaired) electrons. The fourth-order valence-electron chi connectivity index (χ4n) is 17.9. The second-order valence-electron chi connectivity index (χ2n) is 34.3. The third-order valence-electron chi connectivity index (χ3n) is 23.3. The predicted octanol–water partition coefficient (Wildman–Crippen LogP) is 28.1. The number of hydrogen-bond donors (Lipinski definition) is 0. The van der Waals surface area contributed by atoms with Gasteiger partial charge in [0, 0.05) is 22.5 Å². The van der Waals surface area contributed by atoms with Gasteiger partial charge in [-0.15, -0.1) is 0 Å². The highest BCUT2D eigenvalue weighted by atomic mass is 16.5. The maximum Gasteiger partial charge on any atom is 0.343 e. The Morgan fingerprint density at radius 2 is 0.411 bits per heavy atom. The summed E-state index contributed by atoms with van der Waals surface area (Å²) in [5.41, 5.74) is 17.7. The van der Waals surface area contributed by atoms with Crippen LogP contribution in [0.2, 0.25) is 0 Å². The van der Waals surface area contributed by atoms with Crippen LogP contribution >= 0.6 is 0 Å². The second kappa shape index (κ2) is 35.7. The minimum absolute atomic E-state index is 0.0258. The normalized spacial score (nSPS) is 11.8. The molecule has 3 aromatic heterocycles. The highest BCUT2D eigenvalue weighted by Crippen LogP contribution is 2.49. The summed E-state index contributed by atoms with van der Waals surface area (Å²) in [6.07, 6.45) is 0.401. The molecule has 18 rings (SSSR count). The van der Waals surface area contributed by atoms with Crippen molar-refractivity contribution in [2.45, 2.75) is 138 Å². The maximum atomic E-state index is 14.1. The van der Waals surface area contributed by atoms with E-state index in [0.29, 0.717) is 40.4 Å². The van der Waals surface area contributed by atoms with Gasteiger partial charge in [-0.05, 0) is 322 Å². The fourth-order valence-corrected chi connectivity index (χ4v) is 17.9. The van der Waals surface area contributed by atoms with E-state index in [4.69, 9.17) is 42.6 Å². The van der Waals surface area contributed by atoms with Crippen LogP contribution in [-0.2, 0) is 5.41 Å². The number of esters is 3. The maximum absolute atomic E-state index is 14.1. The molecule has 15 aromatic carbocycles. The van der Waals surface area contributed by atoms with Gasteiger partial charge in [0.25, 0.3) is 0 Å². The molecule has 0 bridgehead atoms. The lowest BCUT2D eigenvalue weighted by atomic mass is 9.67. The van der Waals surface area contributed by atoms with Gasteiger partial charge in [-0.2, -0.15) is 0 Å². The predicted molar refractivity (Wildman–Crippen MR) is 518 cm³/mol. The first-order chi connectivity index (χ1) is 62.5. The van der Waals surface area contributed by atoms with Crippen molar-refractivity contribution in [3.8, 4) is 102 Å². The van der Waals surface area contributed by atoms with Gasteiger partial charge in [0.1, 0.15) is 51.7 Å². The molecule has 0 fully saturated rings. The fraction of sp³-hybridized carbons (Fsp3) is 0.184. The molecule has 15 heteroatoms. The molecule has 15 nitrogen and oxygen atoms in total. The number of nitrogens with zero attached hydrogens (tertiary/aromatic N) is 3. The van der Waals surface area contributed by atoms with Gasteiger partial charge in [0.05, 0.1) is 119 Å². The Morgan fingerprint density at radius 3 is 0.581 bits per heavy atom. The minimum Gasteiger partial charge on any atom is -0.490 e. The van der Waals surface area contributed by atoms with Crippen molar-refractivity contribution in [3.05, 3.63) is 361 Å². The van der Waals surface area contributed by atoms with Crippen LogP contribution in [0, 0.1) is 0 Å². The number of benzene rings is 15. The second-order valence-corrected chi connectivity index (χ2v) is 34.3. The Balaban J connectivity index is 0.590. The molecule has 3 heterocycles. The average Bonchev–Trinajstić information content (AvgIpc) is 1.57. The number of ether oxygens (including phenoxy) is 9. The molecule has 18 aromatic rings. The number of hydrogen-bond acceptors (Lipinski definition) is 12. The van der Waals surface area contributed by atoms with Crippen LogP contribution in [0.4, 0.5) is 0 Å². The zero-order chi connectivity index (χ0) is 89.5. The van der Waals surface area contributed by atoms with E-state index in [1.807, 2.05) is 265 Å². The van der Waals surface area contributed by atoms with E-state index in [9.17, 15) is 14.4 Å². The van der Waals surface area contributed by atoms with Crippen LogP contribution in [0.5, 0.6) is 51.7 Å². The van der Waals surface area contributed by atoms with Crippen molar-refractivity contribution in [3.63, 3.8) is 0 Å². The Hall–Kier alpha value is -15.1. The van der Waals surface area contributed by atoms with Gasteiger partial charge in [-0.1, -0.05) is 153 Å². The number of carbonyl (C=O) groups excluding carboxylic acids is 3. The molecule has 0 N–H and O–H groups in total. The summed E-state index contributed by atoms with van der Waals surface area (Å²) in [7, 11) is 0. The lowest BCUT2D eigenvalue weighted by molar-refractivity contribution is 0.0725. The van der Waals surface area contributed by atoms with Crippen molar-refractivity contribution in [1.29, 1.82) is 0 Å². The van der Waals surface area contributed by atoms with E-state index < -0.39 is 23.3 Å². The van der Waals surface area contributed by atoms with Crippen molar-refractivity contribution in [2.24, 2.45) is 0 Å². The Labute approximate surface area is 751 Å². The van der Waals surface area contributed by atoms with Crippen LogP contribution in [0.3, 0.4) is 0 Å². The molecule has 0 aliphatic heterocycles. The zero-order valence-electron chi connectivity index (χ0n) is 74.6. The van der Waals surface area contributed by atoms with Gasteiger partial charge in [0.2, 0.25) is 0 Å². The first-order valence-corrected chi connectivity index (χ1v) is 44.3. The molecule has 0 saturated carbocycles. The van der Waals surface area contributed by atoms with Crippen LogP contribution in [0.15, 0.2) is 328 Å². The minimum atomic E-state index is -0.840. The molecule has 0 saturated heterocycles. The Morgan fingerprint density at radius 1 is 0.233 bits per heavy atom. The van der Waals surface area contributed by atoms with E-state index in [1.54, 1.807) is 36.4 Å². The Bertz CT molecular complexity index is 6300. The van der Waals surface area contributed by atoms with E-state index >= 15 is 0 Å². The van der Waals surface area contributed by atoms with E-state index in [2.05, 4.69) is 130 Å². The monoisotopic (exact) mass is 1700 g/mol. The van der Waals surface area contributed by atoms with E-state index in [0.717, 1.165) is 167 Å². The lowest BCUT2D eigenvalue weighted by Crippen LogP contribution is -2.28. The zero-order valence-corrected chi connectivity index (χ0v) is 74.6. The van der Waals surface area contributed by atoms with Gasteiger partial charge < -0.3 is 56.3 Å². The summed E-state index contributed by atoms with van der Waals surface area (Å²) in [4.78, 5) is 42.4. The average molecular weight is 1710 g/mol. The van der Waals surface area contributed by atoms with Crippen molar-refractivity contribution in [1.82, 2.24) is 13.7 Å². The third-order valence-corrected chi connectivity index (χ3v) is 23.3. The van der Waals surface area contributed by atoms with Crippen molar-refractivity contribution < 1.29 is 57.0 Å².